The van der Waals surface area contributed by atoms with Gasteiger partial charge in [0.15, 0.2) is 17.5 Å². The van der Waals surface area contributed by atoms with Crippen LogP contribution in [-0.2, 0) is 0 Å². The van der Waals surface area contributed by atoms with Crippen molar-refractivity contribution in [2.24, 2.45) is 0 Å². The Labute approximate surface area is 361 Å². The summed E-state index contributed by atoms with van der Waals surface area (Å²) in [6.45, 7) is 0. The second-order valence-electron chi connectivity index (χ2n) is 15.9. The van der Waals surface area contributed by atoms with Crippen molar-refractivity contribution in [3.05, 3.63) is 206 Å². The highest BCUT2D eigenvalue weighted by Gasteiger charge is 2.21. The van der Waals surface area contributed by atoms with Gasteiger partial charge in [0, 0.05) is 43.6 Å². The van der Waals surface area contributed by atoms with Gasteiger partial charge in [-0.1, -0.05) is 146 Å². The molecule has 0 saturated heterocycles. The lowest BCUT2D eigenvalue weighted by Gasteiger charge is -2.10. The number of rotatable bonds is 6. The van der Waals surface area contributed by atoms with Crippen LogP contribution < -0.4 is 0 Å². The number of nitrogens with zero attached hydrogens (tertiary/aromatic N) is 4. The third kappa shape index (κ3) is 5.69. The van der Waals surface area contributed by atoms with Crippen LogP contribution >= 0.6 is 0 Å². The molecule has 63 heavy (non-hydrogen) atoms. The molecule has 0 aliphatic rings. The number of para-hydroxylation sites is 1. The lowest BCUT2D eigenvalue weighted by atomic mass is 9.99. The van der Waals surface area contributed by atoms with Crippen LogP contribution in [0.2, 0.25) is 0 Å². The Balaban J connectivity index is 0.953. The predicted octanol–water partition coefficient (Wildman–Crippen LogP) is 15.1. The number of benzene rings is 9. The molecule has 0 atom stereocenters. The van der Waals surface area contributed by atoms with Crippen LogP contribution in [0.15, 0.2) is 215 Å². The van der Waals surface area contributed by atoms with Crippen molar-refractivity contribution in [1.29, 1.82) is 0 Å². The minimum atomic E-state index is 0.550. The normalized spacial score (nSPS) is 11.8. The van der Waals surface area contributed by atoms with Gasteiger partial charge < -0.3 is 13.4 Å². The van der Waals surface area contributed by atoms with Crippen LogP contribution in [0, 0.1) is 0 Å². The van der Waals surface area contributed by atoms with Gasteiger partial charge in [-0.05, 0) is 82.9 Å². The maximum Gasteiger partial charge on any atom is 0.164 e. The van der Waals surface area contributed by atoms with E-state index < -0.39 is 0 Å². The molecule has 13 aromatic rings. The van der Waals surface area contributed by atoms with Crippen molar-refractivity contribution in [3.63, 3.8) is 0 Å². The predicted molar refractivity (Wildman–Crippen MR) is 256 cm³/mol. The van der Waals surface area contributed by atoms with E-state index in [1.165, 1.54) is 21.9 Å². The minimum Gasteiger partial charge on any atom is -0.456 e. The average molecular weight is 807 g/mol. The van der Waals surface area contributed by atoms with Crippen LogP contribution in [0.1, 0.15) is 0 Å². The number of aromatic nitrogens is 4. The van der Waals surface area contributed by atoms with E-state index in [1.54, 1.807) is 0 Å². The van der Waals surface area contributed by atoms with E-state index in [9.17, 15) is 0 Å². The zero-order valence-corrected chi connectivity index (χ0v) is 33.7. The summed E-state index contributed by atoms with van der Waals surface area (Å²) in [4.78, 5) is 15.2. The zero-order chi connectivity index (χ0) is 41.4. The molecule has 0 radical (unpaired) electrons. The molecule has 0 N–H and O–H groups in total. The van der Waals surface area contributed by atoms with Crippen molar-refractivity contribution in [2.45, 2.75) is 0 Å². The van der Waals surface area contributed by atoms with Crippen molar-refractivity contribution < 1.29 is 8.83 Å². The van der Waals surface area contributed by atoms with Gasteiger partial charge in [-0.15, -0.1) is 0 Å². The summed E-state index contributed by atoms with van der Waals surface area (Å²) in [5, 5.41) is 6.59. The Bertz CT molecular complexity index is 3900. The molecule has 0 fully saturated rings. The Hall–Kier alpha value is -8.61. The molecule has 13 rings (SSSR count). The Morgan fingerprint density at radius 1 is 0.302 bits per heavy atom. The third-order valence-corrected chi connectivity index (χ3v) is 12.3. The largest absolute Gasteiger partial charge is 0.456 e. The molecular formula is C57H34N4O2. The maximum absolute atomic E-state index is 6.71. The van der Waals surface area contributed by atoms with Gasteiger partial charge in [0.25, 0.3) is 0 Å². The second kappa shape index (κ2) is 14.0. The van der Waals surface area contributed by atoms with Crippen LogP contribution in [0.3, 0.4) is 0 Å². The molecule has 0 saturated carbocycles. The van der Waals surface area contributed by atoms with Crippen molar-refractivity contribution >= 4 is 65.7 Å². The highest BCUT2D eigenvalue weighted by Crippen LogP contribution is 2.42. The van der Waals surface area contributed by atoms with Gasteiger partial charge in [-0.2, -0.15) is 0 Å². The number of hydrogen-bond acceptors (Lipinski definition) is 5. The standard InChI is InChI=1S/C57H34N4O2/c1-4-14-35(15-5-1)38-28-31-47-45(32-38)42-20-10-11-22-46(42)61(47)48-23-13-25-50-54(48)44-30-27-40(34-52(44)63-50)57-59-55(37-18-8-3-9-19-37)58-56(60-57)39-26-29-43-51(33-39)62-49-24-12-21-41(53(43)49)36-16-6-2-7-17-36/h1-34H. The first-order chi connectivity index (χ1) is 31.2. The van der Waals surface area contributed by atoms with E-state index >= 15 is 0 Å². The average Bonchev–Trinajstić information content (AvgIpc) is 4.03. The SMILES string of the molecule is c1ccc(-c2ccc3c(c2)c2ccccc2n3-c2cccc3oc4cc(-c5nc(-c6ccccc6)nc(-c6ccc7c(c6)oc6cccc(-c8ccccc8)c67)n5)ccc4c23)cc1. The summed E-state index contributed by atoms with van der Waals surface area (Å²) in [6.07, 6.45) is 0. The molecule has 0 spiro atoms. The van der Waals surface area contributed by atoms with E-state index in [2.05, 4.69) is 150 Å². The number of hydrogen-bond donors (Lipinski definition) is 0. The maximum atomic E-state index is 6.71. The fourth-order valence-electron chi connectivity index (χ4n) is 9.35. The van der Waals surface area contributed by atoms with Crippen LogP contribution in [-0.4, -0.2) is 19.5 Å². The first-order valence-corrected chi connectivity index (χ1v) is 21.1. The van der Waals surface area contributed by atoms with Gasteiger partial charge in [-0.3, -0.25) is 0 Å². The highest BCUT2D eigenvalue weighted by molar-refractivity contribution is 6.16. The molecule has 9 aromatic carbocycles. The molecule has 0 bridgehead atoms. The third-order valence-electron chi connectivity index (χ3n) is 12.3. The van der Waals surface area contributed by atoms with Gasteiger partial charge in [0.2, 0.25) is 0 Å². The highest BCUT2D eigenvalue weighted by atomic mass is 16.3. The van der Waals surface area contributed by atoms with Crippen molar-refractivity contribution in [2.75, 3.05) is 0 Å². The van der Waals surface area contributed by atoms with E-state index in [0.717, 1.165) is 88.4 Å². The molecule has 6 heteroatoms. The van der Waals surface area contributed by atoms with E-state index in [0.29, 0.717) is 17.5 Å². The van der Waals surface area contributed by atoms with E-state index in [-0.39, 0.29) is 0 Å². The summed E-state index contributed by atoms with van der Waals surface area (Å²) < 4.78 is 15.6. The Morgan fingerprint density at radius 2 is 0.825 bits per heavy atom. The molecule has 0 aliphatic heterocycles. The number of fused-ring (bicyclic) bond motifs is 9. The first kappa shape index (κ1) is 35.2. The monoisotopic (exact) mass is 806 g/mol. The summed E-state index contributed by atoms with van der Waals surface area (Å²) in [5.74, 6) is 1.69. The van der Waals surface area contributed by atoms with Crippen LogP contribution in [0.5, 0.6) is 0 Å². The lowest BCUT2D eigenvalue weighted by molar-refractivity contribution is 0.668. The Kier molecular flexibility index (Phi) is 7.80. The van der Waals surface area contributed by atoms with E-state index in [1.807, 2.05) is 60.7 Å². The van der Waals surface area contributed by atoms with E-state index in [4.69, 9.17) is 23.8 Å². The van der Waals surface area contributed by atoms with Gasteiger partial charge in [-0.25, -0.2) is 15.0 Å². The smallest absolute Gasteiger partial charge is 0.164 e. The summed E-state index contributed by atoms with van der Waals surface area (Å²) in [7, 11) is 0. The Morgan fingerprint density at radius 3 is 1.51 bits per heavy atom. The second-order valence-corrected chi connectivity index (χ2v) is 15.9. The summed E-state index contributed by atoms with van der Waals surface area (Å²) in [5.41, 5.74) is 13.7. The molecule has 0 amide bonds. The number of furan rings is 2. The van der Waals surface area contributed by atoms with Gasteiger partial charge >= 0.3 is 0 Å². The minimum absolute atomic E-state index is 0.550. The molecule has 4 aromatic heterocycles. The molecule has 6 nitrogen and oxygen atoms in total. The molecular weight excluding hydrogens is 773 g/mol. The fraction of sp³-hybridized carbons (Fsp3) is 0. The van der Waals surface area contributed by atoms with Crippen LogP contribution in [0.4, 0.5) is 0 Å². The van der Waals surface area contributed by atoms with Crippen molar-refractivity contribution in [3.8, 4) is 62.1 Å². The molecule has 0 aliphatic carbocycles. The first-order valence-electron chi connectivity index (χ1n) is 21.1. The zero-order valence-electron chi connectivity index (χ0n) is 33.7. The summed E-state index contributed by atoms with van der Waals surface area (Å²) >= 11 is 0. The lowest BCUT2D eigenvalue weighted by Crippen LogP contribution is -2.00. The van der Waals surface area contributed by atoms with Gasteiger partial charge in [0.05, 0.1) is 22.1 Å². The summed E-state index contributed by atoms with van der Waals surface area (Å²) in [6, 6.07) is 71.5. The molecule has 4 heterocycles. The molecule has 294 valence electrons. The quantitative estimate of drug-likeness (QED) is 0.167. The van der Waals surface area contributed by atoms with Gasteiger partial charge in [0.1, 0.15) is 22.3 Å². The fourth-order valence-corrected chi connectivity index (χ4v) is 9.35. The topological polar surface area (TPSA) is 69.9 Å². The molecule has 0 unspecified atom stereocenters. The van der Waals surface area contributed by atoms with Crippen molar-refractivity contribution in [1.82, 2.24) is 19.5 Å². The van der Waals surface area contributed by atoms with Crippen LogP contribution in [0.25, 0.3) is 128 Å².